The molecule has 0 bridgehead atoms. The summed E-state index contributed by atoms with van der Waals surface area (Å²) in [5.41, 5.74) is 10.1. The fraction of sp³-hybridized carbons (Fsp3) is 0.667. The Morgan fingerprint density at radius 1 is 0.833 bits per heavy atom. The van der Waals surface area contributed by atoms with Gasteiger partial charge in [-0.05, 0) is 12.8 Å². The summed E-state index contributed by atoms with van der Waals surface area (Å²) in [6.45, 7) is 0. The molecule has 0 radical (unpaired) electrons. The van der Waals surface area contributed by atoms with Gasteiger partial charge in [-0.1, -0.05) is 25.7 Å². The molecule has 0 spiro atoms. The van der Waals surface area contributed by atoms with Gasteiger partial charge in [0.2, 0.25) is 11.8 Å². The van der Waals surface area contributed by atoms with Gasteiger partial charge in [-0.15, -0.1) is 0 Å². The van der Waals surface area contributed by atoms with Crippen LogP contribution < -0.4 is 11.5 Å². The van der Waals surface area contributed by atoms with Crippen LogP contribution in [0.15, 0.2) is 0 Å². The van der Waals surface area contributed by atoms with E-state index in [1.165, 1.54) is 0 Å². The summed E-state index contributed by atoms with van der Waals surface area (Å²) in [5.74, 6) is -2.61. The maximum atomic E-state index is 10.8. The molecular formula is C12H18N4O2. The Morgan fingerprint density at radius 2 is 1.17 bits per heavy atom. The van der Waals surface area contributed by atoms with Crippen molar-refractivity contribution in [2.45, 2.75) is 38.5 Å². The van der Waals surface area contributed by atoms with Gasteiger partial charge in [0.15, 0.2) is 0 Å². The van der Waals surface area contributed by atoms with Crippen molar-refractivity contribution in [2.24, 2.45) is 23.3 Å². The van der Waals surface area contributed by atoms with Gasteiger partial charge < -0.3 is 11.5 Å². The summed E-state index contributed by atoms with van der Waals surface area (Å²) in [4.78, 5) is 21.5. The average molecular weight is 250 g/mol. The number of nitrogens with two attached hydrogens (primary N) is 2. The van der Waals surface area contributed by atoms with Crippen LogP contribution >= 0.6 is 0 Å². The molecule has 2 atom stereocenters. The van der Waals surface area contributed by atoms with Crippen LogP contribution in [-0.2, 0) is 9.59 Å². The molecule has 2 unspecified atom stereocenters. The minimum absolute atomic E-state index is 0.462. The molecular weight excluding hydrogens is 232 g/mol. The first-order chi connectivity index (χ1) is 8.52. The van der Waals surface area contributed by atoms with Gasteiger partial charge in [0.05, 0.1) is 12.1 Å². The summed E-state index contributed by atoms with van der Waals surface area (Å²) in [7, 11) is 0. The van der Waals surface area contributed by atoms with E-state index in [9.17, 15) is 9.59 Å². The van der Waals surface area contributed by atoms with Crippen LogP contribution in [0, 0.1) is 34.5 Å². The Hall–Kier alpha value is -2.08. The number of unbranched alkanes of at least 4 members (excludes halogenated alkanes) is 3. The molecule has 4 N–H and O–H groups in total. The van der Waals surface area contributed by atoms with Gasteiger partial charge in [0, 0.05) is 0 Å². The van der Waals surface area contributed by atoms with E-state index in [0.717, 1.165) is 25.7 Å². The molecule has 0 heterocycles. The smallest absolute Gasteiger partial charge is 0.234 e. The topological polar surface area (TPSA) is 134 Å². The van der Waals surface area contributed by atoms with Gasteiger partial charge in [0.1, 0.15) is 11.8 Å². The Kier molecular flexibility index (Phi) is 7.96. The van der Waals surface area contributed by atoms with E-state index in [4.69, 9.17) is 22.0 Å². The van der Waals surface area contributed by atoms with E-state index in [2.05, 4.69) is 0 Å². The summed E-state index contributed by atoms with van der Waals surface area (Å²) >= 11 is 0. The van der Waals surface area contributed by atoms with Crippen molar-refractivity contribution in [1.82, 2.24) is 0 Å². The molecule has 0 aromatic heterocycles. The van der Waals surface area contributed by atoms with Gasteiger partial charge in [-0.3, -0.25) is 9.59 Å². The number of rotatable bonds is 9. The number of nitrogens with zero attached hydrogens (tertiary/aromatic N) is 2. The zero-order valence-corrected chi connectivity index (χ0v) is 10.3. The van der Waals surface area contributed by atoms with Crippen molar-refractivity contribution in [2.75, 3.05) is 0 Å². The number of nitriles is 2. The van der Waals surface area contributed by atoms with Crippen LogP contribution in [0.4, 0.5) is 0 Å². The Labute approximate surface area is 107 Å². The molecule has 6 nitrogen and oxygen atoms in total. The number of carbonyl (C=O) groups is 2. The van der Waals surface area contributed by atoms with Crippen LogP contribution in [-0.4, -0.2) is 11.8 Å². The van der Waals surface area contributed by atoms with E-state index in [1.54, 1.807) is 0 Å². The molecule has 98 valence electrons. The Balaban J connectivity index is 3.64. The zero-order valence-electron chi connectivity index (χ0n) is 10.3. The van der Waals surface area contributed by atoms with Gasteiger partial charge in [0.25, 0.3) is 0 Å². The van der Waals surface area contributed by atoms with Crippen molar-refractivity contribution >= 4 is 11.8 Å². The molecule has 0 aliphatic rings. The maximum Gasteiger partial charge on any atom is 0.234 e. The summed E-state index contributed by atoms with van der Waals surface area (Å²) in [5, 5.41) is 17.3. The highest BCUT2D eigenvalue weighted by molar-refractivity contribution is 5.79. The fourth-order valence-electron chi connectivity index (χ4n) is 1.59. The highest BCUT2D eigenvalue weighted by Gasteiger charge is 2.14. The molecule has 0 saturated heterocycles. The second-order valence-corrected chi connectivity index (χ2v) is 4.16. The van der Waals surface area contributed by atoms with Gasteiger partial charge in [-0.2, -0.15) is 10.5 Å². The number of hydrogen-bond acceptors (Lipinski definition) is 4. The molecule has 0 saturated carbocycles. The minimum Gasteiger partial charge on any atom is -0.369 e. The lowest BCUT2D eigenvalue weighted by Crippen LogP contribution is -2.22. The largest absolute Gasteiger partial charge is 0.369 e. The molecule has 0 aromatic carbocycles. The lowest BCUT2D eigenvalue weighted by atomic mass is 9.98. The second kappa shape index (κ2) is 9.00. The number of primary amides is 2. The van der Waals surface area contributed by atoms with E-state index in [1.807, 2.05) is 12.1 Å². The summed E-state index contributed by atoms with van der Waals surface area (Å²) in [6, 6.07) is 3.71. The van der Waals surface area contributed by atoms with Gasteiger partial charge in [-0.25, -0.2) is 0 Å². The molecule has 2 amide bonds. The van der Waals surface area contributed by atoms with Gasteiger partial charge >= 0.3 is 0 Å². The van der Waals surface area contributed by atoms with Crippen molar-refractivity contribution in [3.63, 3.8) is 0 Å². The first-order valence-electron chi connectivity index (χ1n) is 5.90. The molecule has 0 fully saturated rings. The highest BCUT2D eigenvalue weighted by atomic mass is 16.1. The summed E-state index contributed by atoms with van der Waals surface area (Å²) < 4.78 is 0. The second-order valence-electron chi connectivity index (χ2n) is 4.16. The van der Waals surface area contributed by atoms with Crippen molar-refractivity contribution in [3.8, 4) is 12.1 Å². The van der Waals surface area contributed by atoms with Crippen molar-refractivity contribution in [3.05, 3.63) is 0 Å². The molecule has 0 rings (SSSR count). The number of amides is 2. The molecule has 0 aliphatic carbocycles. The van der Waals surface area contributed by atoms with E-state index in [0.29, 0.717) is 12.8 Å². The van der Waals surface area contributed by atoms with Crippen LogP contribution in [0.2, 0.25) is 0 Å². The molecule has 18 heavy (non-hydrogen) atoms. The third-order valence-corrected chi connectivity index (χ3v) is 2.73. The molecule has 6 heteroatoms. The Morgan fingerprint density at radius 3 is 1.39 bits per heavy atom. The Bertz CT molecular complexity index is 331. The standard InChI is InChI=1S/C12H18N4O2/c13-7-9(11(15)17)5-3-1-2-4-6-10(8-14)12(16)18/h9-10H,1-6H2,(H2,15,17)(H2,16,18). The van der Waals surface area contributed by atoms with Crippen LogP contribution in [0.5, 0.6) is 0 Å². The van der Waals surface area contributed by atoms with Crippen molar-refractivity contribution in [1.29, 1.82) is 10.5 Å². The SMILES string of the molecule is N#CC(CCCCCCC(C#N)C(N)=O)C(N)=O. The minimum atomic E-state index is -0.720. The van der Waals surface area contributed by atoms with Crippen LogP contribution in [0.1, 0.15) is 38.5 Å². The predicted octanol–water partition coefficient (Wildman–Crippen LogP) is 0.577. The van der Waals surface area contributed by atoms with Crippen molar-refractivity contribution < 1.29 is 9.59 Å². The average Bonchev–Trinajstić information content (AvgIpc) is 2.32. The van der Waals surface area contributed by atoms with E-state index < -0.39 is 23.7 Å². The van der Waals surface area contributed by atoms with E-state index in [-0.39, 0.29) is 0 Å². The summed E-state index contributed by atoms with van der Waals surface area (Å²) in [6.07, 6.45) is 4.06. The van der Waals surface area contributed by atoms with Crippen LogP contribution in [0.3, 0.4) is 0 Å². The van der Waals surface area contributed by atoms with Crippen LogP contribution in [0.25, 0.3) is 0 Å². The molecule has 0 aliphatic heterocycles. The normalized spacial score (nSPS) is 13.0. The maximum absolute atomic E-state index is 10.8. The third-order valence-electron chi connectivity index (χ3n) is 2.73. The fourth-order valence-corrected chi connectivity index (χ4v) is 1.59. The number of carbonyl (C=O) groups excluding carboxylic acids is 2. The quantitative estimate of drug-likeness (QED) is 0.578. The van der Waals surface area contributed by atoms with E-state index >= 15 is 0 Å². The lowest BCUT2D eigenvalue weighted by Gasteiger charge is -2.06. The third kappa shape index (κ3) is 6.49. The lowest BCUT2D eigenvalue weighted by molar-refractivity contribution is -0.121. The monoisotopic (exact) mass is 250 g/mol. The zero-order chi connectivity index (χ0) is 14.0. The highest BCUT2D eigenvalue weighted by Crippen LogP contribution is 2.13. The number of hydrogen-bond donors (Lipinski definition) is 2. The molecule has 0 aromatic rings. The first kappa shape index (κ1) is 15.9. The first-order valence-corrected chi connectivity index (χ1v) is 5.90. The predicted molar refractivity (Wildman–Crippen MR) is 64.3 cm³/mol.